The van der Waals surface area contributed by atoms with Gasteiger partial charge in [-0.25, -0.2) is 9.47 Å². The van der Waals surface area contributed by atoms with E-state index >= 15 is 0 Å². The molecule has 9 heteroatoms. The Bertz CT molecular complexity index is 1020. The van der Waals surface area contributed by atoms with Gasteiger partial charge in [0.25, 0.3) is 0 Å². The van der Waals surface area contributed by atoms with Gasteiger partial charge in [0.15, 0.2) is 0 Å². The summed E-state index contributed by atoms with van der Waals surface area (Å²) in [7, 11) is -3.43. The minimum absolute atomic E-state index is 0.0839. The predicted octanol–water partition coefficient (Wildman–Crippen LogP) is 4.40. The van der Waals surface area contributed by atoms with Crippen molar-refractivity contribution < 1.29 is 13.8 Å². The Morgan fingerprint density at radius 3 is 1.70 bits per heavy atom. The molecule has 7 nitrogen and oxygen atoms in total. The zero-order valence-electron chi connectivity index (χ0n) is 18.6. The Morgan fingerprint density at radius 1 is 0.848 bits per heavy atom. The monoisotopic (exact) mass is 488 g/mol. The van der Waals surface area contributed by atoms with E-state index in [0.29, 0.717) is 13.1 Å². The summed E-state index contributed by atoms with van der Waals surface area (Å²) in [6, 6.07) is 12.7. The molecule has 1 unspecified atom stereocenters. The van der Waals surface area contributed by atoms with Crippen LogP contribution in [0.3, 0.4) is 0 Å². The topological polar surface area (TPSA) is 105 Å². The molecule has 5 N–H and O–H groups in total. The molecule has 2 aromatic carbocycles. The summed E-state index contributed by atoms with van der Waals surface area (Å²) in [5, 5.41) is 8.63. The van der Waals surface area contributed by atoms with Crippen LogP contribution in [-0.2, 0) is 24.3 Å². The van der Waals surface area contributed by atoms with Crippen LogP contribution in [-0.4, -0.2) is 35.6 Å². The fraction of sp³-hybridized carbons (Fsp3) is 0.167. The first-order chi connectivity index (χ1) is 15.7. The van der Waals surface area contributed by atoms with Crippen LogP contribution in [0.15, 0.2) is 98.0 Å². The predicted molar refractivity (Wildman–Crippen MR) is 144 cm³/mol. The minimum atomic E-state index is -3.43. The van der Waals surface area contributed by atoms with E-state index in [2.05, 4.69) is 35.5 Å². The van der Waals surface area contributed by atoms with Gasteiger partial charge in [-0.1, -0.05) is 24.3 Å². The molecular weight excluding hydrogens is 456 g/mol. The third-order valence-electron chi connectivity index (χ3n) is 4.39. The molecule has 0 bridgehead atoms. The molecule has 0 heterocycles. The molecule has 2 rings (SSSR count). The van der Waals surface area contributed by atoms with Gasteiger partial charge in [0.2, 0.25) is 8.77 Å². The van der Waals surface area contributed by atoms with Gasteiger partial charge < -0.3 is 21.3 Å². The molecule has 2 aromatic rings. The van der Waals surface area contributed by atoms with Crippen molar-refractivity contribution in [1.82, 2.24) is 0 Å². The van der Waals surface area contributed by atoms with Gasteiger partial charge in [-0.3, -0.25) is 0 Å². The molecule has 0 fully saturated rings. The molecule has 0 amide bonds. The SMILES string of the molecule is C=CCN(CC=C)c1ccc(N)c(S(=O)(=S)OO)c1.C=CCN(CC=C)c1ccc(N)cc1. The summed E-state index contributed by atoms with van der Waals surface area (Å²) in [4.78, 5) is 4.17. The van der Waals surface area contributed by atoms with E-state index in [0.717, 1.165) is 30.2 Å². The smallest absolute Gasteiger partial charge is 0.204 e. The van der Waals surface area contributed by atoms with E-state index in [1.807, 2.05) is 41.3 Å². The lowest BCUT2D eigenvalue weighted by Gasteiger charge is -2.22. The van der Waals surface area contributed by atoms with Crippen LogP contribution in [0.5, 0.6) is 0 Å². The fourth-order valence-corrected chi connectivity index (χ4v) is 3.99. The number of nitrogens with two attached hydrogens (primary N) is 2. The third-order valence-corrected chi connectivity index (χ3v) is 6.20. The Hall–Kier alpha value is -3.11. The highest BCUT2D eigenvalue weighted by atomic mass is 32.8. The molecule has 0 spiro atoms. The number of nitrogen functional groups attached to an aromatic ring is 2. The van der Waals surface area contributed by atoms with Gasteiger partial charge >= 0.3 is 0 Å². The second kappa shape index (κ2) is 14.1. The van der Waals surface area contributed by atoms with Crippen molar-refractivity contribution in [2.75, 3.05) is 47.4 Å². The quantitative estimate of drug-likeness (QED) is 0.175. The zero-order valence-corrected chi connectivity index (χ0v) is 20.3. The van der Waals surface area contributed by atoms with Gasteiger partial charge in [0.1, 0.15) is 0 Å². The van der Waals surface area contributed by atoms with Crippen LogP contribution in [0, 0.1) is 0 Å². The minimum Gasteiger partial charge on any atom is -0.399 e. The maximum absolute atomic E-state index is 11.9. The number of anilines is 4. The maximum Gasteiger partial charge on any atom is 0.204 e. The van der Waals surface area contributed by atoms with Crippen molar-refractivity contribution >= 4 is 42.7 Å². The van der Waals surface area contributed by atoms with E-state index in [4.69, 9.17) is 27.9 Å². The summed E-state index contributed by atoms with van der Waals surface area (Å²) in [6.07, 6.45) is 7.21. The van der Waals surface area contributed by atoms with E-state index in [-0.39, 0.29) is 10.6 Å². The van der Waals surface area contributed by atoms with E-state index in [1.54, 1.807) is 24.3 Å². The molecule has 0 aliphatic heterocycles. The number of rotatable bonds is 12. The number of hydrogen-bond acceptors (Lipinski definition) is 8. The highest BCUT2D eigenvalue weighted by Gasteiger charge is 2.16. The lowest BCUT2D eigenvalue weighted by Crippen LogP contribution is -2.23. The summed E-state index contributed by atoms with van der Waals surface area (Å²) >= 11 is 4.69. The van der Waals surface area contributed by atoms with Crippen molar-refractivity contribution in [2.24, 2.45) is 0 Å². The molecule has 33 heavy (non-hydrogen) atoms. The van der Waals surface area contributed by atoms with Gasteiger partial charge in [-0.2, -0.15) is 0 Å². The Kier molecular flexibility index (Phi) is 12.0. The summed E-state index contributed by atoms with van der Waals surface area (Å²) in [5.74, 6) is 0. The molecule has 0 saturated heterocycles. The number of benzene rings is 2. The second-order valence-electron chi connectivity index (χ2n) is 6.81. The fourth-order valence-electron chi connectivity index (χ4n) is 2.86. The van der Waals surface area contributed by atoms with E-state index in [9.17, 15) is 4.21 Å². The first kappa shape index (κ1) is 27.9. The van der Waals surface area contributed by atoms with Crippen molar-refractivity contribution in [3.63, 3.8) is 0 Å². The van der Waals surface area contributed by atoms with Crippen LogP contribution in [0.4, 0.5) is 22.7 Å². The Labute approximate surface area is 201 Å². The molecular formula is C24H32N4O3S2. The third kappa shape index (κ3) is 8.74. The normalized spacial score (nSPS) is 11.8. The molecule has 178 valence electrons. The zero-order chi connectivity index (χ0) is 24.9. The van der Waals surface area contributed by atoms with Gasteiger partial charge in [-0.05, 0) is 42.5 Å². The van der Waals surface area contributed by atoms with Crippen LogP contribution >= 0.6 is 0 Å². The van der Waals surface area contributed by atoms with Crippen LogP contribution in [0.2, 0.25) is 0 Å². The van der Waals surface area contributed by atoms with Crippen LogP contribution in [0.25, 0.3) is 0 Å². The average molecular weight is 489 g/mol. The molecule has 0 radical (unpaired) electrons. The van der Waals surface area contributed by atoms with Crippen molar-refractivity contribution in [3.8, 4) is 0 Å². The average Bonchev–Trinajstić information content (AvgIpc) is 2.80. The van der Waals surface area contributed by atoms with Crippen molar-refractivity contribution in [1.29, 1.82) is 0 Å². The maximum atomic E-state index is 11.9. The molecule has 1 atom stereocenters. The second-order valence-corrected chi connectivity index (χ2v) is 9.62. The Balaban J connectivity index is 0.000000346. The van der Waals surface area contributed by atoms with Crippen molar-refractivity contribution in [2.45, 2.75) is 4.90 Å². The first-order valence-corrected chi connectivity index (χ1v) is 12.4. The Morgan fingerprint density at radius 2 is 1.27 bits per heavy atom. The van der Waals surface area contributed by atoms with Crippen LogP contribution in [0.1, 0.15) is 0 Å². The van der Waals surface area contributed by atoms with Gasteiger partial charge in [0, 0.05) is 54.4 Å². The molecule has 0 aliphatic carbocycles. The van der Waals surface area contributed by atoms with Gasteiger partial charge in [0.05, 0.1) is 10.6 Å². The summed E-state index contributed by atoms with van der Waals surface area (Å²) in [6.45, 7) is 17.6. The van der Waals surface area contributed by atoms with E-state index in [1.165, 1.54) is 6.07 Å². The van der Waals surface area contributed by atoms with Gasteiger partial charge in [-0.15, -0.1) is 30.6 Å². The van der Waals surface area contributed by atoms with E-state index < -0.39 is 8.77 Å². The van der Waals surface area contributed by atoms with Crippen molar-refractivity contribution in [3.05, 3.63) is 93.1 Å². The summed E-state index contributed by atoms with van der Waals surface area (Å²) < 4.78 is 15.7. The lowest BCUT2D eigenvalue weighted by atomic mass is 10.2. The standard InChI is InChI=1S/C12H16N2O3S2.C12H16N2/c1-3-7-14(8-4-2)10-5-6-11(13)12(9-10)19(16,18)17-15;1-3-9-14(10-4-2)12-7-5-11(13)6-8-12/h3-6,9,15H,1-2,7-8,13H2;3-8H,1-2,9-10,13H2. The summed E-state index contributed by atoms with van der Waals surface area (Å²) in [5.41, 5.74) is 14.2. The highest BCUT2D eigenvalue weighted by Crippen LogP contribution is 2.26. The molecule has 0 aliphatic rings. The molecule has 0 saturated carbocycles. The molecule has 0 aromatic heterocycles. The highest BCUT2D eigenvalue weighted by molar-refractivity contribution is 8.30. The lowest BCUT2D eigenvalue weighted by molar-refractivity contribution is -0.124. The largest absolute Gasteiger partial charge is 0.399 e. The van der Waals surface area contributed by atoms with Crippen LogP contribution < -0.4 is 21.3 Å². The number of hydrogen-bond donors (Lipinski definition) is 3. The number of nitrogens with zero attached hydrogens (tertiary/aromatic N) is 2. The first-order valence-electron chi connectivity index (χ1n) is 10.0.